The minimum absolute atomic E-state index is 0. The molecular weight excluding hydrogens is 386 g/mol. The maximum atomic E-state index is 12.4. The lowest BCUT2D eigenvalue weighted by Gasteiger charge is -2.38. The highest BCUT2D eigenvalue weighted by Gasteiger charge is 2.31. The Bertz CT molecular complexity index is 757. The van der Waals surface area contributed by atoms with Crippen LogP contribution in [0.1, 0.15) is 23.5 Å². The number of hydrogen-bond acceptors (Lipinski definition) is 2. The molecule has 2 aromatic rings. The van der Waals surface area contributed by atoms with E-state index in [2.05, 4.69) is 29.6 Å². The lowest BCUT2D eigenvalue weighted by Crippen LogP contribution is -3.00. The van der Waals surface area contributed by atoms with Gasteiger partial charge in [-0.3, -0.25) is 9.59 Å². The average molecular weight is 416 g/mol. The summed E-state index contributed by atoms with van der Waals surface area (Å²) in [5, 5.41) is 3.00. The van der Waals surface area contributed by atoms with Crippen molar-refractivity contribution in [2.45, 2.75) is 12.3 Å². The van der Waals surface area contributed by atoms with E-state index in [1.54, 1.807) is 4.90 Å². The van der Waals surface area contributed by atoms with Gasteiger partial charge in [-0.2, -0.15) is 0 Å². The second-order valence-corrected chi connectivity index (χ2v) is 8.15. The number of carbonyl (C=O) groups excluding carboxylic acids is 2. The summed E-state index contributed by atoms with van der Waals surface area (Å²) in [6, 6.07) is 20.7. The molecule has 1 N–H and O–H groups in total. The van der Waals surface area contributed by atoms with Gasteiger partial charge in [0.25, 0.3) is 5.91 Å². The number of nitrogens with zero attached hydrogens (tertiary/aromatic N) is 2. The van der Waals surface area contributed by atoms with E-state index in [9.17, 15) is 9.59 Å². The van der Waals surface area contributed by atoms with Gasteiger partial charge >= 0.3 is 0 Å². The van der Waals surface area contributed by atoms with E-state index in [0.717, 1.165) is 13.0 Å². The van der Waals surface area contributed by atoms with Crippen LogP contribution >= 0.6 is 0 Å². The van der Waals surface area contributed by atoms with Gasteiger partial charge in [0.15, 0.2) is 6.54 Å². The quantitative estimate of drug-likeness (QED) is 0.605. The summed E-state index contributed by atoms with van der Waals surface area (Å²) in [5.74, 6) is 0.204. The highest BCUT2D eigenvalue weighted by Crippen LogP contribution is 2.27. The third kappa shape index (κ3) is 6.58. The predicted molar refractivity (Wildman–Crippen MR) is 111 cm³/mol. The van der Waals surface area contributed by atoms with E-state index in [1.165, 1.54) is 11.1 Å². The normalized spacial score (nSPS) is 15.7. The van der Waals surface area contributed by atoms with Crippen LogP contribution < -0.4 is 17.7 Å². The van der Waals surface area contributed by atoms with Gasteiger partial charge in [0.05, 0.1) is 33.7 Å². The number of rotatable bonds is 7. The average Bonchev–Trinajstić information content (AvgIpc) is 2.68. The molecule has 0 bridgehead atoms. The Morgan fingerprint density at radius 1 is 1.03 bits per heavy atom. The van der Waals surface area contributed by atoms with Gasteiger partial charge in [0, 0.05) is 12.5 Å². The zero-order valence-corrected chi connectivity index (χ0v) is 17.9. The Labute approximate surface area is 179 Å². The van der Waals surface area contributed by atoms with Crippen molar-refractivity contribution in [1.82, 2.24) is 10.2 Å². The van der Waals surface area contributed by atoms with Crippen molar-refractivity contribution < 1.29 is 26.5 Å². The smallest absolute Gasteiger partial charge is 0.278 e. The molecule has 5 nitrogen and oxygen atoms in total. The molecule has 0 radical (unpaired) electrons. The molecule has 0 spiro atoms. The van der Waals surface area contributed by atoms with Crippen LogP contribution in [-0.4, -0.2) is 68.0 Å². The highest BCUT2D eigenvalue weighted by atomic mass is 35.5. The van der Waals surface area contributed by atoms with Crippen LogP contribution in [0.2, 0.25) is 0 Å². The number of piperazine rings is 1. The topological polar surface area (TPSA) is 49.4 Å². The third-order valence-corrected chi connectivity index (χ3v) is 5.38. The molecule has 29 heavy (non-hydrogen) atoms. The summed E-state index contributed by atoms with van der Waals surface area (Å²) in [6.07, 6.45) is 0.817. The molecule has 6 heteroatoms. The van der Waals surface area contributed by atoms with Crippen LogP contribution in [0.5, 0.6) is 0 Å². The summed E-state index contributed by atoms with van der Waals surface area (Å²) in [4.78, 5) is 26.3. The van der Waals surface area contributed by atoms with Crippen LogP contribution in [0, 0.1) is 0 Å². The lowest BCUT2D eigenvalue weighted by molar-refractivity contribution is -0.885. The Kier molecular flexibility index (Phi) is 8.23. The molecule has 3 rings (SSSR count). The van der Waals surface area contributed by atoms with Crippen molar-refractivity contribution in [3.63, 3.8) is 0 Å². The second kappa shape index (κ2) is 10.4. The summed E-state index contributed by atoms with van der Waals surface area (Å²) >= 11 is 0. The van der Waals surface area contributed by atoms with Crippen molar-refractivity contribution in [1.29, 1.82) is 0 Å². The maximum Gasteiger partial charge on any atom is 0.278 e. The number of quaternary nitrogens is 1. The first-order chi connectivity index (χ1) is 13.4. The van der Waals surface area contributed by atoms with Gasteiger partial charge in [-0.25, -0.2) is 0 Å². The molecule has 1 aliphatic heterocycles. The standard InChI is InChI=1S/C23H29N3O2.ClH/c1-26(2)16-15-25(23(28)18-26)17-22(27)24-14-13-21(19-9-5-3-6-10-19)20-11-7-4-8-12-20;/h3-12,21H,13-18H2,1-2H3;1H. The fourth-order valence-corrected chi connectivity index (χ4v) is 3.71. The summed E-state index contributed by atoms with van der Waals surface area (Å²) in [7, 11) is 4.09. The molecule has 2 aromatic carbocycles. The first-order valence-corrected chi connectivity index (χ1v) is 9.91. The summed E-state index contributed by atoms with van der Waals surface area (Å²) in [6.45, 7) is 2.70. The number of amides is 2. The van der Waals surface area contributed by atoms with E-state index < -0.39 is 0 Å². The molecule has 0 atom stereocenters. The van der Waals surface area contributed by atoms with E-state index >= 15 is 0 Å². The Morgan fingerprint density at radius 3 is 2.10 bits per heavy atom. The highest BCUT2D eigenvalue weighted by molar-refractivity contribution is 5.85. The Balaban J connectivity index is 0.00000300. The van der Waals surface area contributed by atoms with Gasteiger partial charge in [0.2, 0.25) is 5.91 Å². The van der Waals surface area contributed by atoms with E-state index in [4.69, 9.17) is 0 Å². The van der Waals surface area contributed by atoms with Crippen molar-refractivity contribution in [2.75, 3.05) is 46.8 Å². The van der Waals surface area contributed by atoms with Crippen LogP contribution in [0.25, 0.3) is 0 Å². The van der Waals surface area contributed by atoms with Crippen molar-refractivity contribution in [3.8, 4) is 0 Å². The number of halogens is 1. The minimum atomic E-state index is -0.0829. The first kappa shape index (κ1) is 22.9. The molecule has 1 heterocycles. The molecular formula is C23H30ClN3O2. The zero-order valence-electron chi connectivity index (χ0n) is 17.2. The van der Waals surface area contributed by atoms with Gasteiger partial charge < -0.3 is 27.1 Å². The fraction of sp³-hybridized carbons (Fsp3) is 0.391. The first-order valence-electron chi connectivity index (χ1n) is 9.91. The van der Waals surface area contributed by atoms with Crippen molar-refractivity contribution in [2.24, 2.45) is 0 Å². The van der Waals surface area contributed by atoms with Gasteiger partial charge in [-0.1, -0.05) is 60.7 Å². The van der Waals surface area contributed by atoms with Crippen LogP contribution in [0.3, 0.4) is 0 Å². The number of benzene rings is 2. The molecule has 0 saturated carbocycles. The molecule has 2 amide bonds. The lowest BCUT2D eigenvalue weighted by atomic mass is 9.88. The van der Waals surface area contributed by atoms with Gasteiger partial charge in [0.1, 0.15) is 0 Å². The molecule has 1 aliphatic rings. The Hall–Kier alpha value is -2.37. The monoisotopic (exact) mass is 415 g/mol. The zero-order chi connectivity index (χ0) is 20.0. The fourth-order valence-electron chi connectivity index (χ4n) is 3.71. The van der Waals surface area contributed by atoms with Crippen LogP contribution in [0.15, 0.2) is 60.7 Å². The third-order valence-electron chi connectivity index (χ3n) is 5.38. The molecule has 1 fully saturated rings. The number of likely N-dealkylation sites (N-methyl/N-ethyl adjacent to an activating group) is 1. The minimum Gasteiger partial charge on any atom is -1.00 e. The summed E-state index contributed by atoms with van der Waals surface area (Å²) < 4.78 is 0.687. The summed E-state index contributed by atoms with van der Waals surface area (Å²) in [5.41, 5.74) is 2.49. The predicted octanol–water partition coefficient (Wildman–Crippen LogP) is -0.753. The largest absolute Gasteiger partial charge is 1.00 e. The maximum absolute atomic E-state index is 12.4. The van der Waals surface area contributed by atoms with Gasteiger partial charge in [-0.05, 0) is 17.5 Å². The van der Waals surface area contributed by atoms with E-state index in [1.807, 2.05) is 50.5 Å². The Morgan fingerprint density at radius 2 is 1.59 bits per heavy atom. The van der Waals surface area contributed by atoms with E-state index in [0.29, 0.717) is 24.1 Å². The van der Waals surface area contributed by atoms with Crippen LogP contribution in [0.4, 0.5) is 0 Å². The van der Waals surface area contributed by atoms with Crippen molar-refractivity contribution in [3.05, 3.63) is 71.8 Å². The molecule has 0 aliphatic carbocycles. The number of carbonyl (C=O) groups is 2. The second-order valence-electron chi connectivity index (χ2n) is 8.15. The molecule has 156 valence electrons. The van der Waals surface area contributed by atoms with Crippen molar-refractivity contribution >= 4 is 11.8 Å². The number of nitrogens with one attached hydrogen (secondary N) is 1. The van der Waals surface area contributed by atoms with Crippen LogP contribution in [-0.2, 0) is 9.59 Å². The SMILES string of the molecule is C[N+]1(C)CCN(CC(=O)NCCC(c2ccccc2)c2ccccc2)C(=O)C1.[Cl-]. The van der Waals surface area contributed by atoms with Gasteiger partial charge in [-0.15, -0.1) is 0 Å². The molecule has 1 saturated heterocycles. The molecule has 0 unspecified atom stereocenters. The number of hydrogen-bond donors (Lipinski definition) is 1. The molecule has 0 aromatic heterocycles. The van der Waals surface area contributed by atoms with E-state index in [-0.39, 0.29) is 36.7 Å².